The molecule has 2 saturated heterocycles. The molecule has 2 fully saturated rings. The molecule has 1 amide bonds. The maximum absolute atomic E-state index is 17.0. The first kappa shape index (κ1) is 31.7. The number of nitrogens with zero attached hydrogens (tertiary/aromatic N) is 7. The Hall–Kier alpha value is -3.27. The first-order valence-corrected chi connectivity index (χ1v) is 16.2. The molecule has 2 aliphatic rings. The summed E-state index contributed by atoms with van der Waals surface area (Å²) < 4.78 is 30.2. The van der Waals surface area contributed by atoms with Gasteiger partial charge in [0.05, 0.1) is 52.0 Å². The second kappa shape index (κ2) is 12.9. The van der Waals surface area contributed by atoms with Gasteiger partial charge in [-0.15, -0.1) is 5.10 Å². The van der Waals surface area contributed by atoms with Gasteiger partial charge in [0.1, 0.15) is 17.9 Å². The zero-order chi connectivity index (χ0) is 32.0. The molecular formula is C31H35ClFIN8O3. The lowest BCUT2D eigenvalue weighted by atomic mass is 9.94. The molecule has 0 radical (unpaired) electrons. The van der Waals surface area contributed by atoms with Gasteiger partial charge < -0.3 is 25.0 Å². The molecule has 0 aliphatic carbocycles. The minimum atomic E-state index is -0.600. The van der Waals surface area contributed by atoms with Crippen LogP contribution in [0.1, 0.15) is 19.4 Å². The highest BCUT2D eigenvalue weighted by Gasteiger charge is 2.34. The van der Waals surface area contributed by atoms with Gasteiger partial charge in [-0.2, -0.15) is 9.97 Å². The number of amides is 1. The van der Waals surface area contributed by atoms with E-state index in [1.54, 1.807) is 13.9 Å². The van der Waals surface area contributed by atoms with Crippen molar-refractivity contribution in [2.24, 2.45) is 0 Å². The number of nitrogen functional groups attached to an aromatic ring is 1. The molecule has 2 N–H and O–H groups in total. The second-order valence-corrected chi connectivity index (χ2v) is 12.8. The van der Waals surface area contributed by atoms with Crippen LogP contribution in [0.5, 0.6) is 6.01 Å². The van der Waals surface area contributed by atoms with Crippen LogP contribution in [-0.4, -0.2) is 98.3 Å². The molecule has 45 heavy (non-hydrogen) atoms. The number of benzene rings is 2. The zero-order valence-electron chi connectivity index (χ0n) is 25.4. The van der Waals surface area contributed by atoms with Crippen molar-refractivity contribution in [3.05, 3.63) is 47.3 Å². The van der Waals surface area contributed by atoms with E-state index in [4.69, 9.17) is 31.8 Å². The predicted molar refractivity (Wildman–Crippen MR) is 183 cm³/mol. The Bertz CT molecular complexity index is 1800. The number of halogens is 3. The van der Waals surface area contributed by atoms with E-state index in [-0.39, 0.29) is 45.9 Å². The van der Waals surface area contributed by atoms with Crippen molar-refractivity contribution in [1.29, 1.82) is 0 Å². The monoisotopic (exact) mass is 748 g/mol. The molecule has 0 spiro atoms. The van der Waals surface area contributed by atoms with Crippen molar-refractivity contribution in [2.75, 3.05) is 63.2 Å². The summed E-state index contributed by atoms with van der Waals surface area (Å²) >= 11 is 9.00. The third-order valence-corrected chi connectivity index (χ3v) is 9.63. The number of nitrogens with two attached hydrogens (primary N) is 1. The smallest absolute Gasteiger partial charge is 0.319 e. The summed E-state index contributed by atoms with van der Waals surface area (Å²) in [4.78, 5) is 28.1. The molecule has 6 rings (SSSR count). The molecule has 2 aromatic heterocycles. The van der Waals surface area contributed by atoms with Crippen LogP contribution in [0.3, 0.4) is 0 Å². The van der Waals surface area contributed by atoms with Crippen molar-refractivity contribution in [1.82, 2.24) is 27.8 Å². The van der Waals surface area contributed by atoms with Crippen molar-refractivity contribution in [3.8, 4) is 17.1 Å². The highest BCUT2D eigenvalue weighted by atomic mass is 127. The fraction of sp³-hybridized carbons (Fsp3) is 0.419. The number of aryl methyl sites for hydroxylation is 1. The number of hydrogen-bond donors (Lipinski definition) is 1. The lowest BCUT2D eigenvalue weighted by Crippen LogP contribution is -2.58. The van der Waals surface area contributed by atoms with Gasteiger partial charge in [0.2, 0.25) is 5.91 Å². The number of aromatic nitrogens is 4. The molecule has 0 bridgehead atoms. The first-order valence-electron chi connectivity index (χ1n) is 14.9. The normalized spacial score (nSPS) is 19.4. The van der Waals surface area contributed by atoms with Gasteiger partial charge in [-0.25, -0.2) is 7.29 Å². The minimum absolute atomic E-state index is 0.0666. The van der Waals surface area contributed by atoms with Gasteiger partial charge in [-0.1, -0.05) is 24.2 Å². The van der Waals surface area contributed by atoms with Gasteiger partial charge in [-0.05, 0) is 44.5 Å². The highest BCUT2D eigenvalue weighted by Crippen LogP contribution is 2.44. The van der Waals surface area contributed by atoms with Gasteiger partial charge in [0.25, 0.3) is 0 Å². The van der Waals surface area contributed by atoms with Crippen LogP contribution < -0.4 is 15.4 Å². The standard InChI is InChI=1S/C31H35ClFIN8O3/c1-5-23(43)40-15-19(4)41(16-18(40)3)30-20-14-21(32)25(24-17(2)6-7-22-26(24)29(35)38-42(22)34)27(33)28(20)36-31(37-30)45-13-10-39-8-11-44-12-9-39/h5-7,14,18-19H,1,8-13,15-16H2,2-4H3,(H2,35,38)/t18-,19+/m1/s1. The van der Waals surface area contributed by atoms with Gasteiger partial charge in [-0.3, -0.25) is 9.69 Å². The molecule has 2 aliphatic heterocycles. The number of ether oxygens (including phenoxy) is 2. The Balaban J connectivity index is 1.49. The number of piperazine rings is 1. The summed E-state index contributed by atoms with van der Waals surface area (Å²) in [6, 6.07) is 5.29. The van der Waals surface area contributed by atoms with Crippen LogP contribution >= 0.6 is 34.5 Å². The Kier molecular flexibility index (Phi) is 9.05. The number of anilines is 2. The highest BCUT2D eigenvalue weighted by molar-refractivity contribution is 14.1. The van der Waals surface area contributed by atoms with Gasteiger partial charge >= 0.3 is 6.01 Å². The number of hydrogen-bond acceptors (Lipinski definition) is 9. The van der Waals surface area contributed by atoms with Crippen LogP contribution in [0, 0.1) is 12.7 Å². The summed E-state index contributed by atoms with van der Waals surface area (Å²) in [5, 5.41) is 5.62. The average Bonchev–Trinajstić information content (AvgIpc) is 3.31. The van der Waals surface area contributed by atoms with Crippen LogP contribution in [0.25, 0.3) is 32.9 Å². The third-order valence-electron chi connectivity index (χ3n) is 8.59. The van der Waals surface area contributed by atoms with Crippen LogP contribution in [0.2, 0.25) is 5.02 Å². The molecule has 2 atom stereocenters. The van der Waals surface area contributed by atoms with E-state index in [1.165, 1.54) is 6.08 Å². The molecule has 11 nitrogen and oxygen atoms in total. The summed E-state index contributed by atoms with van der Waals surface area (Å²) in [6.07, 6.45) is 1.33. The number of carbonyl (C=O) groups excluding carboxylic acids is 1. The van der Waals surface area contributed by atoms with Crippen molar-refractivity contribution < 1.29 is 18.7 Å². The summed E-state index contributed by atoms with van der Waals surface area (Å²) in [6.45, 7) is 14.4. The van der Waals surface area contributed by atoms with E-state index in [1.807, 2.05) is 55.8 Å². The van der Waals surface area contributed by atoms with Crippen molar-refractivity contribution >= 4 is 73.8 Å². The first-order chi connectivity index (χ1) is 21.6. The zero-order valence-corrected chi connectivity index (χ0v) is 28.3. The largest absolute Gasteiger partial charge is 0.462 e. The Morgan fingerprint density at radius 2 is 1.98 bits per heavy atom. The molecule has 0 unspecified atom stereocenters. The van der Waals surface area contributed by atoms with E-state index in [2.05, 4.69) is 26.5 Å². The molecule has 4 aromatic rings. The second-order valence-electron chi connectivity index (χ2n) is 11.5. The van der Waals surface area contributed by atoms with E-state index in [0.29, 0.717) is 61.6 Å². The lowest BCUT2D eigenvalue weighted by molar-refractivity contribution is -0.128. The maximum Gasteiger partial charge on any atom is 0.319 e. The molecular weight excluding hydrogens is 714 g/mol. The molecule has 2 aromatic carbocycles. The van der Waals surface area contributed by atoms with Crippen molar-refractivity contribution in [2.45, 2.75) is 32.9 Å². The third kappa shape index (κ3) is 5.90. The number of rotatable bonds is 7. The molecule has 0 saturated carbocycles. The summed E-state index contributed by atoms with van der Waals surface area (Å²) in [5.41, 5.74) is 8.70. The topological polar surface area (TPSA) is 115 Å². The van der Waals surface area contributed by atoms with E-state index in [0.717, 1.165) is 24.2 Å². The maximum atomic E-state index is 17.0. The number of morpholine rings is 1. The molecule has 14 heteroatoms. The number of fused-ring (bicyclic) bond motifs is 2. The predicted octanol–water partition coefficient (Wildman–Crippen LogP) is 4.85. The van der Waals surface area contributed by atoms with E-state index in [9.17, 15) is 4.79 Å². The summed E-state index contributed by atoms with van der Waals surface area (Å²) in [5.74, 6) is 0.0369. The molecule has 238 valence electrons. The van der Waals surface area contributed by atoms with E-state index >= 15 is 4.39 Å². The quantitative estimate of drug-likeness (QED) is 0.209. The van der Waals surface area contributed by atoms with Gasteiger partial charge in [0.15, 0.2) is 11.6 Å². The Labute approximate surface area is 279 Å². The lowest BCUT2D eigenvalue weighted by Gasteiger charge is -2.44. The SMILES string of the molecule is C=CC(=O)N1C[C@H](C)N(c2nc(OCCN3CCOCC3)nc3c(F)c(-c4c(C)ccc5c4c(N)nn5I)c(Cl)cc23)C[C@H]1C. The van der Waals surface area contributed by atoms with Crippen LogP contribution in [0.4, 0.5) is 16.0 Å². The van der Waals surface area contributed by atoms with Crippen LogP contribution in [0.15, 0.2) is 30.9 Å². The van der Waals surface area contributed by atoms with Crippen LogP contribution in [-0.2, 0) is 9.53 Å². The Morgan fingerprint density at radius 1 is 1.22 bits per heavy atom. The van der Waals surface area contributed by atoms with Gasteiger partial charge in [0, 0.05) is 61.3 Å². The minimum Gasteiger partial charge on any atom is -0.462 e. The molecule has 4 heterocycles. The number of carbonyl (C=O) groups is 1. The summed E-state index contributed by atoms with van der Waals surface area (Å²) in [7, 11) is 0. The van der Waals surface area contributed by atoms with Crippen molar-refractivity contribution in [3.63, 3.8) is 0 Å². The fourth-order valence-corrected chi connectivity index (χ4v) is 7.16. The van der Waals surface area contributed by atoms with E-state index < -0.39 is 5.82 Å². The fourth-order valence-electron chi connectivity index (χ4n) is 6.24. The average molecular weight is 749 g/mol. The Morgan fingerprint density at radius 3 is 2.71 bits per heavy atom.